The molecule has 34 heavy (non-hydrogen) atoms. The number of hydrogen-bond donors (Lipinski definition) is 1. The highest BCUT2D eigenvalue weighted by molar-refractivity contribution is 7.80. The molecule has 0 unspecified atom stereocenters. The van der Waals surface area contributed by atoms with Gasteiger partial charge in [0.25, 0.3) is 11.8 Å². The van der Waals surface area contributed by atoms with Crippen LogP contribution < -0.4 is 19.9 Å². The number of carbonyl (C=O) groups is 2. The molecule has 2 heterocycles. The van der Waals surface area contributed by atoms with Gasteiger partial charge in [-0.1, -0.05) is 6.92 Å². The number of hydrogen-bond acceptors (Lipinski definition) is 5. The molecule has 0 radical (unpaired) electrons. The standard InChI is InChI=1S/C27H31N3O3S/c1-7-33-20-10-8-19(9-11-20)30-25(32)22(24(31)28-26(30)34)14-18-13-21-17(3)15-27(4,5)29(6)23(21)12-16(18)2/h8-14,17H,7,15H2,1-6H3,(H,28,31,34)/b22-14+/t17-/m1/s1. The maximum absolute atomic E-state index is 13.4. The van der Waals surface area contributed by atoms with E-state index in [4.69, 9.17) is 17.0 Å². The van der Waals surface area contributed by atoms with Crippen LogP contribution in [0.5, 0.6) is 5.75 Å². The fourth-order valence-corrected chi connectivity index (χ4v) is 5.08. The number of amides is 2. The molecule has 0 aromatic heterocycles. The van der Waals surface area contributed by atoms with Gasteiger partial charge < -0.3 is 9.64 Å². The molecular formula is C27H31N3O3S. The van der Waals surface area contributed by atoms with Gasteiger partial charge in [0.15, 0.2) is 5.11 Å². The molecule has 1 fully saturated rings. The quantitative estimate of drug-likeness (QED) is 0.384. The van der Waals surface area contributed by atoms with Gasteiger partial charge in [-0.15, -0.1) is 0 Å². The Hall–Kier alpha value is -3.19. The van der Waals surface area contributed by atoms with Crippen molar-refractivity contribution in [1.82, 2.24) is 5.32 Å². The maximum atomic E-state index is 13.4. The molecule has 6 nitrogen and oxygen atoms in total. The first kappa shape index (κ1) is 24.0. The number of nitrogens with one attached hydrogen (secondary N) is 1. The zero-order valence-corrected chi connectivity index (χ0v) is 21.4. The summed E-state index contributed by atoms with van der Waals surface area (Å²) in [7, 11) is 2.12. The number of rotatable bonds is 4. The Morgan fingerprint density at radius 2 is 1.88 bits per heavy atom. The molecule has 0 spiro atoms. The molecule has 1 N–H and O–H groups in total. The van der Waals surface area contributed by atoms with Crippen molar-refractivity contribution in [3.8, 4) is 5.75 Å². The molecular weight excluding hydrogens is 446 g/mol. The summed E-state index contributed by atoms with van der Waals surface area (Å²) in [6, 6.07) is 11.3. The van der Waals surface area contributed by atoms with E-state index >= 15 is 0 Å². The van der Waals surface area contributed by atoms with Gasteiger partial charge in [0, 0.05) is 18.3 Å². The van der Waals surface area contributed by atoms with E-state index in [2.05, 4.69) is 50.2 Å². The third-order valence-electron chi connectivity index (χ3n) is 6.83. The molecule has 2 aromatic carbocycles. The minimum absolute atomic E-state index is 0.0580. The van der Waals surface area contributed by atoms with Crippen LogP contribution >= 0.6 is 12.2 Å². The Labute approximate surface area is 206 Å². The first-order chi connectivity index (χ1) is 16.0. The number of fused-ring (bicyclic) bond motifs is 1. The third-order valence-corrected chi connectivity index (χ3v) is 7.11. The van der Waals surface area contributed by atoms with Crippen molar-refractivity contribution in [2.75, 3.05) is 23.5 Å². The fourth-order valence-electron chi connectivity index (χ4n) is 4.80. The second kappa shape index (κ2) is 8.87. The van der Waals surface area contributed by atoms with E-state index in [-0.39, 0.29) is 16.2 Å². The molecule has 2 aromatic rings. The van der Waals surface area contributed by atoms with Crippen LogP contribution in [0, 0.1) is 6.92 Å². The monoisotopic (exact) mass is 477 g/mol. The number of ether oxygens (including phenoxy) is 1. The number of carbonyl (C=O) groups excluding carboxylic acids is 2. The summed E-state index contributed by atoms with van der Waals surface area (Å²) in [4.78, 5) is 29.9. The van der Waals surface area contributed by atoms with E-state index in [1.165, 1.54) is 16.2 Å². The Morgan fingerprint density at radius 1 is 1.21 bits per heavy atom. The van der Waals surface area contributed by atoms with Crippen molar-refractivity contribution in [1.29, 1.82) is 0 Å². The molecule has 4 rings (SSSR count). The van der Waals surface area contributed by atoms with Crippen LogP contribution in [0.2, 0.25) is 0 Å². The topological polar surface area (TPSA) is 61.9 Å². The van der Waals surface area contributed by atoms with Gasteiger partial charge in [-0.25, -0.2) is 0 Å². The largest absolute Gasteiger partial charge is 0.494 e. The Bertz CT molecular complexity index is 1200. The zero-order chi connectivity index (χ0) is 24.8. The molecule has 178 valence electrons. The number of thiocarbonyl (C=S) groups is 1. The van der Waals surface area contributed by atoms with Gasteiger partial charge in [0.1, 0.15) is 11.3 Å². The maximum Gasteiger partial charge on any atom is 0.270 e. The smallest absolute Gasteiger partial charge is 0.270 e. The van der Waals surface area contributed by atoms with Crippen molar-refractivity contribution >= 4 is 46.6 Å². The summed E-state index contributed by atoms with van der Waals surface area (Å²) in [6.07, 6.45) is 2.71. The highest BCUT2D eigenvalue weighted by Gasteiger charge is 2.36. The van der Waals surface area contributed by atoms with Gasteiger partial charge in [0.2, 0.25) is 0 Å². The van der Waals surface area contributed by atoms with E-state index in [1.54, 1.807) is 30.3 Å². The van der Waals surface area contributed by atoms with E-state index in [0.29, 0.717) is 24.0 Å². The van der Waals surface area contributed by atoms with Gasteiger partial charge in [-0.05, 0) is 111 Å². The molecule has 0 saturated carbocycles. The molecule has 7 heteroatoms. The highest BCUT2D eigenvalue weighted by atomic mass is 32.1. The number of benzene rings is 2. The van der Waals surface area contributed by atoms with Crippen molar-refractivity contribution in [3.63, 3.8) is 0 Å². The van der Waals surface area contributed by atoms with Crippen LogP contribution in [0.3, 0.4) is 0 Å². The fraction of sp³-hybridized carbons (Fsp3) is 0.370. The van der Waals surface area contributed by atoms with E-state index in [0.717, 1.165) is 17.5 Å². The highest BCUT2D eigenvalue weighted by Crippen LogP contribution is 2.43. The first-order valence-electron chi connectivity index (χ1n) is 11.6. The summed E-state index contributed by atoms with van der Waals surface area (Å²) >= 11 is 5.33. The van der Waals surface area contributed by atoms with E-state index in [9.17, 15) is 9.59 Å². The average Bonchev–Trinajstić information content (AvgIpc) is 2.76. The van der Waals surface area contributed by atoms with E-state index in [1.807, 2.05) is 13.8 Å². The van der Waals surface area contributed by atoms with Crippen LogP contribution in [-0.2, 0) is 9.59 Å². The number of aryl methyl sites for hydroxylation is 1. The SMILES string of the molecule is CCOc1ccc(N2C(=O)/C(=C/c3cc4c(cc3C)N(C)C(C)(C)C[C@H]4C)C(=O)NC2=S)cc1. The zero-order valence-electron chi connectivity index (χ0n) is 20.6. The molecule has 2 aliphatic heterocycles. The Balaban J connectivity index is 1.72. The lowest BCUT2D eigenvalue weighted by Crippen LogP contribution is -2.54. The van der Waals surface area contributed by atoms with Gasteiger partial charge in [-0.3, -0.25) is 19.8 Å². The second-order valence-electron chi connectivity index (χ2n) is 9.63. The first-order valence-corrected chi connectivity index (χ1v) is 12.0. The summed E-state index contributed by atoms with van der Waals surface area (Å²) in [6.45, 7) is 11.2. The molecule has 1 saturated heterocycles. The molecule has 0 bridgehead atoms. The number of anilines is 2. The normalized spacial score (nSPS) is 20.9. The van der Waals surface area contributed by atoms with Gasteiger partial charge >= 0.3 is 0 Å². The summed E-state index contributed by atoms with van der Waals surface area (Å²) in [5, 5.41) is 2.73. The third kappa shape index (κ3) is 4.20. The Kier molecular flexibility index (Phi) is 6.25. The summed E-state index contributed by atoms with van der Waals surface area (Å²) < 4.78 is 5.49. The van der Waals surface area contributed by atoms with Crippen LogP contribution in [0.1, 0.15) is 56.7 Å². The Morgan fingerprint density at radius 3 is 2.53 bits per heavy atom. The molecule has 2 amide bonds. The van der Waals surface area contributed by atoms with Crippen molar-refractivity contribution in [2.45, 2.75) is 52.5 Å². The average molecular weight is 478 g/mol. The molecule has 0 aliphatic carbocycles. The predicted molar refractivity (Wildman–Crippen MR) is 141 cm³/mol. The van der Waals surface area contributed by atoms with Gasteiger partial charge in [0.05, 0.1) is 12.3 Å². The minimum atomic E-state index is -0.486. The summed E-state index contributed by atoms with van der Waals surface area (Å²) in [5.41, 5.74) is 4.97. The van der Waals surface area contributed by atoms with E-state index < -0.39 is 11.8 Å². The van der Waals surface area contributed by atoms with Crippen LogP contribution in [0.25, 0.3) is 6.08 Å². The van der Waals surface area contributed by atoms with Crippen LogP contribution in [0.15, 0.2) is 42.0 Å². The second-order valence-corrected chi connectivity index (χ2v) is 10.0. The molecule has 1 atom stereocenters. The summed E-state index contributed by atoms with van der Waals surface area (Å²) in [5.74, 6) is 0.137. The van der Waals surface area contributed by atoms with Crippen molar-refractivity contribution in [3.05, 3.63) is 58.7 Å². The lowest BCUT2D eigenvalue weighted by molar-refractivity contribution is -0.122. The minimum Gasteiger partial charge on any atom is -0.494 e. The molecule has 2 aliphatic rings. The number of nitrogens with zero attached hydrogens (tertiary/aromatic N) is 2. The van der Waals surface area contributed by atoms with Crippen LogP contribution in [0.4, 0.5) is 11.4 Å². The van der Waals surface area contributed by atoms with Crippen LogP contribution in [-0.4, -0.2) is 36.1 Å². The lowest BCUT2D eigenvalue weighted by Gasteiger charge is -2.45. The predicted octanol–water partition coefficient (Wildman–Crippen LogP) is 4.95. The van der Waals surface area contributed by atoms with Gasteiger partial charge in [-0.2, -0.15) is 0 Å². The van der Waals surface area contributed by atoms with Crippen molar-refractivity contribution < 1.29 is 14.3 Å². The van der Waals surface area contributed by atoms with Crippen molar-refractivity contribution in [2.24, 2.45) is 0 Å². The lowest BCUT2D eigenvalue weighted by atomic mass is 9.79.